The number of hydrogen-bond donors (Lipinski definition) is 1. The van der Waals surface area contributed by atoms with Gasteiger partial charge in [0.2, 0.25) is 16.7 Å². The Morgan fingerprint density at radius 3 is 2.53 bits per heavy atom. The van der Waals surface area contributed by atoms with E-state index in [2.05, 4.69) is 10.4 Å². The highest BCUT2D eigenvalue weighted by Crippen LogP contribution is 2.54. The van der Waals surface area contributed by atoms with Crippen molar-refractivity contribution in [3.05, 3.63) is 65.2 Å². The number of carbonyl (C=O) groups excluding carboxylic acids is 3. The van der Waals surface area contributed by atoms with Crippen molar-refractivity contribution in [1.29, 1.82) is 0 Å². The van der Waals surface area contributed by atoms with E-state index in [4.69, 9.17) is 0 Å². The van der Waals surface area contributed by atoms with Gasteiger partial charge in [0, 0.05) is 26.0 Å². The van der Waals surface area contributed by atoms with Gasteiger partial charge in [-0.25, -0.2) is 0 Å². The molecule has 1 spiro atoms. The van der Waals surface area contributed by atoms with Gasteiger partial charge in [-0.3, -0.25) is 14.4 Å². The third kappa shape index (κ3) is 3.27. The molecule has 2 aromatic carbocycles. The van der Waals surface area contributed by atoms with Gasteiger partial charge < -0.3 is 10.2 Å². The number of amides is 3. The Labute approximate surface area is 179 Å². The Bertz CT molecular complexity index is 1070. The van der Waals surface area contributed by atoms with Crippen molar-refractivity contribution in [2.45, 2.75) is 32.1 Å². The molecule has 0 unspecified atom stereocenters. The Kier molecular flexibility index (Phi) is 5.11. The lowest BCUT2D eigenvalue weighted by Crippen LogP contribution is -2.49. The van der Waals surface area contributed by atoms with Crippen LogP contribution in [0.5, 0.6) is 0 Å². The minimum Gasteiger partial charge on any atom is -0.308 e. The van der Waals surface area contributed by atoms with E-state index in [1.54, 1.807) is 4.90 Å². The molecule has 2 aromatic rings. The molecule has 1 N–H and O–H groups in total. The molecule has 2 heterocycles. The van der Waals surface area contributed by atoms with E-state index in [0.29, 0.717) is 18.5 Å². The third-order valence-corrected chi connectivity index (χ3v) is 6.36. The molecule has 0 saturated heterocycles. The highest BCUT2D eigenvalue weighted by molar-refractivity contribution is 8.15. The van der Waals surface area contributed by atoms with Crippen LogP contribution in [0.15, 0.2) is 53.6 Å². The monoisotopic (exact) mass is 422 g/mol. The molecule has 0 fully saturated rings. The van der Waals surface area contributed by atoms with Crippen LogP contribution in [-0.2, 0) is 25.7 Å². The van der Waals surface area contributed by atoms with Gasteiger partial charge in [-0.1, -0.05) is 48.0 Å². The molecule has 30 heavy (non-hydrogen) atoms. The summed E-state index contributed by atoms with van der Waals surface area (Å²) in [7, 11) is 0. The van der Waals surface area contributed by atoms with Crippen LogP contribution in [0.1, 0.15) is 30.5 Å². The molecule has 2 aliphatic heterocycles. The molecule has 154 valence electrons. The van der Waals surface area contributed by atoms with Crippen LogP contribution < -0.4 is 10.2 Å². The van der Waals surface area contributed by atoms with Gasteiger partial charge in [-0.15, -0.1) is 5.10 Å². The summed E-state index contributed by atoms with van der Waals surface area (Å²) in [6, 6.07) is 15.7. The van der Waals surface area contributed by atoms with E-state index in [9.17, 15) is 14.4 Å². The van der Waals surface area contributed by atoms with Gasteiger partial charge in [-0.05, 0) is 36.7 Å². The lowest BCUT2D eigenvalue weighted by molar-refractivity contribution is -0.139. The number of hydrogen-bond acceptors (Lipinski definition) is 5. The molecular weight excluding hydrogens is 400 g/mol. The van der Waals surface area contributed by atoms with Crippen LogP contribution >= 0.6 is 11.8 Å². The maximum Gasteiger partial charge on any atom is 0.270 e. The van der Waals surface area contributed by atoms with Gasteiger partial charge in [0.25, 0.3) is 5.91 Å². The lowest BCUT2D eigenvalue weighted by Gasteiger charge is -2.29. The van der Waals surface area contributed by atoms with Crippen LogP contribution in [0.2, 0.25) is 0 Å². The van der Waals surface area contributed by atoms with Crippen molar-refractivity contribution in [2.24, 2.45) is 5.10 Å². The number of carbonyl (C=O) groups is 3. The number of nitrogens with one attached hydrogen (secondary N) is 1. The smallest absolute Gasteiger partial charge is 0.270 e. The van der Waals surface area contributed by atoms with Gasteiger partial charge in [-0.2, -0.15) is 5.01 Å². The average Bonchev–Trinajstić information content (AvgIpc) is 3.18. The zero-order valence-corrected chi connectivity index (χ0v) is 17.8. The number of rotatable bonds is 3. The summed E-state index contributed by atoms with van der Waals surface area (Å²) in [6.07, 6.45) is 0.681. The highest BCUT2D eigenvalue weighted by Gasteiger charge is 2.61. The number of hydrazone groups is 1. The number of aryl methyl sites for hydroxylation is 1. The molecule has 3 amide bonds. The second kappa shape index (κ2) is 7.60. The summed E-state index contributed by atoms with van der Waals surface area (Å²) in [5.41, 5.74) is 3.57. The number of benzene rings is 2. The first-order valence-electron chi connectivity index (χ1n) is 9.66. The minimum absolute atomic E-state index is 0.233. The summed E-state index contributed by atoms with van der Waals surface area (Å²) in [5.74, 6) is -0.908. The standard InChI is InChI=1S/C22H22N4O3S/c1-14-9-10-19-18(13-14)22(26(16(3)28)24-21(30-22)23-15(2)27)20(29)25(19)12-11-17-7-5-4-6-8-17/h4-10,13H,11-12H2,1-3H3,(H,23,24,27)/t22-/m0/s1. The van der Waals surface area contributed by atoms with E-state index < -0.39 is 4.87 Å². The van der Waals surface area contributed by atoms with Crippen molar-refractivity contribution in [2.75, 3.05) is 11.4 Å². The molecule has 0 aromatic heterocycles. The number of fused-ring (bicyclic) bond motifs is 2. The number of thioether (sulfide) groups is 1. The molecule has 0 bridgehead atoms. The normalized spacial score (nSPS) is 19.8. The van der Waals surface area contributed by atoms with Crippen LogP contribution in [0, 0.1) is 6.92 Å². The predicted octanol–water partition coefficient (Wildman–Crippen LogP) is 2.74. The maximum atomic E-state index is 13.8. The van der Waals surface area contributed by atoms with E-state index in [-0.39, 0.29) is 22.9 Å². The zero-order valence-electron chi connectivity index (χ0n) is 17.0. The molecular formula is C22H22N4O3S. The predicted molar refractivity (Wildman–Crippen MR) is 117 cm³/mol. The second-order valence-electron chi connectivity index (χ2n) is 7.38. The fraction of sp³-hybridized carbons (Fsp3) is 0.273. The first-order chi connectivity index (χ1) is 14.3. The first-order valence-corrected chi connectivity index (χ1v) is 10.5. The molecule has 2 aliphatic rings. The molecule has 7 nitrogen and oxygen atoms in total. The molecule has 4 rings (SSSR count). The Morgan fingerprint density at radius 1 is 1.13 bits per heavy atom. The largest absolute Gasteiger partial charge is 0.308 e. The van der Waals surface area contributed by atoms with Crippen molar-refractivity contribution in [1.82, 2.24) is 10.3 Å². The summed E-state index contributed by atoms with van der Waals surface area (Å²) in [4.78, 5) is 38.2. The topological polar surface area (TPSA) is 82.1 Å². The van der Waals surface area contributed by atoms with E-state index >= 15 is 0 Å². The fourth-order valence-corrected chi connectivity index (χ4v) is 5.16. The molecule has 0 saturated carbocycles. The van der Waals surface area contributed by atoms with Crippen LogP contribution in [-0.4, -0.2) is 34.4 Å². The Hall–Kier alpha value is -3.13. The molecule has 8 heteroatoms. The zero-order chi connectivity index (χ0) is 21.5. The Balaban J connectivity index is 1.75. The lowest BCUT2D eigenvalue weighted by atomic mass is 10.0. The van der Waals surface area contributed by atoms with Gasteiger partial charge >= 0.3 is 0 Å². The second-order valence-corrected chi connectivity index (χ2v) is 8.56. The van der Waals surface area contributed by atoms with E-state index in [1.807, 2.05) is 55.5 Å². The fourth-order valence-electron chi connectivity index (χ4n) is 3.83. The summed E-state index contributed by atoms with van der Waals surface area (Å²) in [5, 5.41) is 8.34. The molecule has 1 atom stereocenters. The number of nitrogens with zero attached hydrogens (tertiary/aromatic N) is 3. The van der Waals surface area contributed by atoms with Crippen molar-refractivity contribution in [3.63, 3.8) is 0 Å². The number of anilines is 1. The van der Waals surface area contributed by atoms with Gasteiger partial charge in [0.15, 0.2) is 5.17 Å². The first kappa shape index (κ1) is 20.2. The molecule has 0 radical (unpaired) electrons. The SMILES string of the molecule is CC(=O)NC1=NN(C(C)=O)[C@@]2(S1)C(=O)N(CCc1ccccc1)c1ccc(C)cc12. The maximum absolute atomic E-state index is 13.8. The average molecular weight is 423 g/mol. The minimum atomic E-state index is -1.35. The van der Waals surface area contributed by atoms with Crippen LogP contribution in [0.4, 0.5) is 5.69 Å². The summed E-state index contributed by atoms with van der Waals surface area (Å²) in [6.45, 7) is 5.16. The van der Waals surface area contributed by atoms with E-state index in [0.717, 1.165) is 28.6 Å². The summed E-state index contributed by atoms with van der Waals surface area (Å²) < 4.78 is 0. The molecule has 0 aliphatic carbocycles. The van der Waals surface area contributed by atoms with Crippen molar-refractivity contribution >= 4 is 40.3 Å². The van der Waals surface area contributed by atoms with Crippen molar-refractivity contribution < 1.29 is 14.4 Å². The van der Waals surface area contributed by atoms with Crippen LogP contribution in [0.3, 0.4) is 0 Å². The highest BCUT2D eigenvalue weighted by atomic mass is 32.2. The van der Waals surface area contributed by atoms with Gasteiger partial charge in [0.1, 0.15) is 0 Å². The Morgan fingerprint density at radius 2 is 1.87 bits per heavy atom. The quantitative estimate of drug-likeness (QED) is 0.825. The summed E-state index contributed by atoms with van der Waals surface area (Å²) >= 11 is 1.10. The van der Waals surface area contributed by atoms with E-state index in [1.165, 1.54) is 18.9 Å². The third-order valence-electron chi connectivity index (χ3n) is 5.12. The number of amidine groups is 1. The van der Waals surface area contributed by atoms with Crippen molar-refractivity contribution in [3.8, 4) is 0 Å². The van der Waals surface area contributed by atoms with Gasteiger partial charge in [0.05, 0.1) is 5.69 Å². The van der Waals surface area contributed by atoms with Crippen LogP contribution in [0.25, 0.3) is 0 Å².